The average molecular weight is 265 g/mol. The van der Waals surface area contributed by atoms with Crippen LogP contribution in [-0.2, 0) is 13.0 Å². The molecule has 0 spiro atoms. The molecule has 0 saturated carbocycles. The second-order valence-corrected chi connectivity index (χ2v) is 5.00. The Kier molecular flexibility index (Phi) is 3.52. The molecule has 0 aliphatic rings. The maximum atomic E-state index is 6.32. The van der Waals surface area contributed by atoms with Crippen LogP contribution in [0.1, 0.15) is 24.2 Å². The van der Waals surface area contributed by atoms with Gasteiger partial charge in [0.25, 0.3) is 0 Å². The van der Waals surface area contributed by atoms with Crippen LogP contribution in [0.4, 0.5) is 0 Å². The summed E-state index contributed by atoms with van der Waals surface area (Å²) in [6.45, 7) is 2.99. The van der Waals surface area contributed by atoms with Gasteiger partial charge in [-0.15, -0.1) is 0 Å². The fourth-order valence-electron chi connectivity index (χ4n) is 2.61. The van der Waals surface area contributed by atoms with Gasteiger partial charge < -0.3 is 5.73 Å². The summed E-state index contributed by atoms with van der Waals surface area (Å²) in [5.74, 6) is 0. The normalized spacial score (nSPS) is 12.7. The highest BCUT2D eigenvalue weighted by atomic mass is 15.3. The molecular formula is C17H19N3. The zero-order valence-corrected chi connectivity index (χ0v) is 11.7. The van der Waals surface area contributed by atoms with E-state index in [1.807, 2.05) is 22.9 Å². The van der Waals surface area contributed by atoms with E-state index >= 15 is 0 Å². The van der Waals surface area contributed by atoms with Crippen LogP contribution in [0, 0.1) is 0 Å². The number of rotatable bonds is 4. The summed E-state index contributed by atoms with van der Waals surface area (Å²) >= 11 is 0. The second-order valence-electron chi connectivity index (χ2n) is 5.00. The first-order valence-corrected chi connectivity index (χ1v) is 7.04. The first kappa shape index (κ1) is 12.9. The third-order valence-corrected chi connectivity index (χ3v) is 3.67. The molecule has 20 heavy (non-hydrogen) atoms. The van der Waals surface area contributed by atoms with E-state index in [4.69, 9.17) is 10.8 Å². The van der Waals surface area contributed by atoms with Crippen LogP contribution >= 0.6 is 0 Å². The van der Waals surface area contributed by atoms with Crippen molar-refractivity contribution >= 4 is 10.9 Å². The van der Waals surface area contributed by atoms with Gasteiger partial charge in [0.05, 0.1) is 11.2 Å². The number of aromatic nitrogens is 2. The largest absolute Gasteiger partial charge is 0.324 e. The van der Waals surface area contributed by atoms with Gasteiger partial charge in [-0.05, 0) is 18.6 Å². The lowest BCUT2D eigenvalue weighted by Crippen LogP contribution is -2.13. The lowest BCUT2D eigenvalue weighted by molar-refractivity contribution is 0.641. The molecule has 0 bridgehead atoms. The van der Waals surface area contributed by atoms with E-state index in [0.29, 0.717) is 0 Å². The van der Waals surface area contributed by atoms with Gasteiger partial charge in [0.2, 0.25) is 0 Å². The van der Waals surface area contributed by atoms with Crippen molar-refractivity contribution in [3.63, 3.8) is 0 Å². The van der Waals surface area contributed by atoms with Crippen molar-refractivity contribution in [2.75, 3.05) is 0 Å². The van der Waals surface area contributed by atoms with Crippen molar-refractivity contribution < 1.29 is 0 Å². The molecule has 1 atom stereocenters. The summed E-state index contributed by atoms with van der Waals surface area (Å²) in [7, 11) is 0. The number of para-hydroxylation sites is 1. The van der Waals surface area contributed by atoms with E-state index in [0.717, 1.165) is 24.2 Å². The summed E-state index contributed by atoms with van der Waals surface area (Å²) < 4.78 is 2.04. The molecular weight excluding hydrogens is 246 g/mol. The molecule has 102 valence electrons. The maximum Gasteiger partial charge on any atom is 0.0722 e. The summed E-state index contributed by atoms with van der Waals surface area (Å²) in [5, 5.41) is 5.92. The molecule has 3 heteroatoms. The first-order chi connectivity index (χ1) is 9.79. The van der Waals surface area contributed by atoms with E-state index in [-0.39, 0.29) is 6.04 Å². The zero-order valence-electron chi connectivity index (χ0n) is 11.7. The molecule has 0 aliphatic heterocycles. The molecule has 0 saturated heterocycles. The number of benzene rings is 2. The van der Waals surface area contributed by atoms with E-state index in [2.05, 4.69) is 43.3 Å². The molecule has 2 N–H and O–H groups in total. The van der Waals surface area contributed by atoms with Gasteiger partial charge in [0.1, 0.15) is 0 Å². The van der Waals surface area contributed by atoms with Crippen LogP contribution in [0.5, 0.6) is 0 Å². The van der Waals surface area contributed by atoms with E-state index in [9.17, 15) is 0 Å². The molecule has 0 amide bonds. The smallest absolute Gasteiger partial charge is 0.0722 e. The predicted molar refractivity (Wildman–Crippen MR) is 82.5 cm³/mol. The van der Waals surface area contributed by atoms with E-state index in [1.165, 1.54) is 10.9 Å². The Balaban J connectivity index is 1.95. The van der Waals surface area contributed by atoms with Gasteiger partial charge in [-0.25, -0.2) is 0 Å². The number of aryl methyl sites for hydroxylation is 1. The van der Waals surface area contributed by atoms with Crippen molar-refractivity contribution in [3.05, 3.63) is 65.9 Å². The predicted octanol–water partition coefficient (Wildman–Crippen LogP) is 3.30. The molecule has 0 aliphatic carbocycles. The Morgan fingerprint density at radius 2 is 1.75 bits per heavy atom. The number of hydrogen-bond acceptors (Lipinski definition) is 2. The number of fused-ring (bicyclic) bond motifs is 1. The lowest BCUT2D eigenvalue weighted by atomic mass is 10.0. The Hall–Kier alpha value is -2.13. The number of hydrogen-bond donors (Lipinski definition) is 1. The molecule has 1 unspecified atom stereocenters. The van der Waals surface area contributed by atoms with Crippen LogP contribution in [0.15, 0.2) is 54.6 Å². The molecule has 1 aromatic heterocycles. The van der Waals surface area contributed by atoms with Crippen LogP contribution in [-0.4, -0.2) is 9.78 Å². The van der Waals surface area contributed by atoms with Crippen LogP contribution in [0.2, 0.25) is 0 Å². The molecule has 0 fully saturated rings. The molecule has 1 heterocycles. The Labute approximate surface area is 119 Å². The summed E-state index contributed by atoms with van der Waals surface area (Å²) in [6.07, 6.45) is 0.761. The summed E-state index contributed by atoms with van der Waals surface area (Å²) in [6, 6.07) is 18.5. The molecule has 2 aromatic carbocycles. The second kappa shape index (κ2) is 5.47. The summed E-state index contributed by atoms with van der Waals surface area (Å²) in [4.78, 5) is 0. The topological polar surface area (TPSA) is 43.8 Å². The van der Waals surface area contributed by atoms with Crippen LogP contribution < -0.4 is 5.73 Å². The standard InChI is InChI=1S/C17H19N3/c1-2-20-17-11-7-6-10-14(17)16(19-20)12-15(18)13-8-4-3-5-9-13/h3-11,15H,2,12,18H2,1H3. The monoisotopic (exact) mass is 265 g/mol. The third-order valence-electron chi connectivity index (χ3n) is 3.67. The average Bonchev–Trinajstić information content (AvgIpc) is 2.86. The minimum Gasteiger partial charge on any atom is -0.324 e. The zero-order chi connectivity index (χ0) is 13.9. The first-order valence-electron chi connectivity index (χ1n) is 7.04. The molecule has 3 rings (SSSR count). The van der Waals surface area contributed by atoms with Gasteiger partial charge >= 0.3 is 0 Å². The van der Waals surface area contributed by atoms with Gasteiger partial charge in [0, 0.05) is 24.4 Å². The van der Waals surface area contributed by atoms with E-state index < -0.39 is 0 Å². The maximum absolute atomic E-state index is 6.32. The minimum absolute atomic E-state index is 0.0141. The highest BCUT2D eigenvalue weighted by Gasteiger charge is 2.13. The molecule has 0 radical (unpaired) electrons. The van der Waals surface area contributed by atoms with Gasteiger partial charge in [-0.2, -0.15) is 5.10 Å². The minimum atomic E-state index is -0.0141. The van der Waals surface area contributed by atoms with Crippen LogP contribution in [0.25, 0.3) is 10.9 Å². The van der Waals surface area contributed by atoms with Crippen molar-refractivity contribution in [1.82, 2.24) is 9.78 Å². The highest BCUT2D eigenvalue weighted by molar-refractivity contribution is 5.82. The Morgan fingerprint density at radius 1 is 1.05 bits per heavy atom. The van der Waals surface area contributed by atoms with Crippen molar-refractivity contribution in [2.45, 2.75) is 25.9 Å². The van der Waals surface area contributed by atoms with Crippen molar-refractivity contribution in [1.29, 1.82) is 0 Å². The molecule has 3 aromatic rings. The van der Waals surface area contributed by atoms with Crippen molar-refractivity contribution in [2.24, 2.45) is 5.73 Å². The molecule has 3 nitrogen and oxygen atoms in total. The quantitative estimate of drug-likeness (QED) is 0.786. The third kappa shape index (κ3) is 2.32. The SMILES string of the molecule is CCn1nc(CC(N)c2ccccc2)c2ccccc21. The number of nitrogens with zero attached hydrogens (tertiary/aromatic N) is 2. The lowest BCUT2D eigenvalue weighted by Gasteiger charge is -2.10. The van der Waals surface area contributed by atoms with Crippen LogP contribution in [0.3, 0.4) is 0 Å². The highest BCUT2D eigenvalue weighted by Crippen LogP contribution is 2.23. The van der Waals surface area contributed by atoms with Crippen molar-refractivity contribution in [3.8, 4) is 0 Å². The Bertz CT molecular complexity index is 701. The fourth-order valence-corrected chi connectivity index (χ4v) is 2.61. The summed E-state index contributed by atoms with van der Waals surface area (Å²) in [5.41, 5.74) is 9.74. The Morgan fingerprint density at radius 3 is 2.50 bits per heavy atom. The van der Waals surface area contributed by atoms with Gasteiger partial charge in [-0.3, -0.25) is 4.68 Å². The fraction of sp³-hybridized carbons (Fsp3) is 0.235. The van der Waals surface area contributed by atoms with E-state index in [1.54, 1.807) is 0 Å². The van der Waals surface area contributed by atoms with Gasteiger partial charge in [-0.1, -0.05) is 48.5 Å². The van der Waals surface area contributed by atoms with Gasteiger partial charge in [0.15, 0.2) is 0 Å². The number of nitrogens with two attached hydrogens (primary N) is 1.